The van der Waals surface area contributed by atoms with E-state index in [2.05, 4.69) is 27.6 Å². The Hall–Kier alpha value is -2.17. The highest BCUT2D eigenvalue weighted by atomic mass is 35.5. The standard InChI is InChI=1S/C16H14ClN3O/c17-14-9-5-4-8-13(14)16-20-19-15(21-16)11-18-10-12-6-2-1-3-7-12/h1-9,18H,10-11H2. The summed E-state index contributed by atoms with van der Waals surface area (Å²) >= 11 is 6.11. The molecule has 0 aliphatic heterocycles. The van der Waals surface area contributed by atoms with Gasteiger partial charge in [-0.15, -0.1) is 10.2 Å². The van der Waals surface area contributed by atoms with Crippen LogP contribution in [-0.4, -0.2) is 10.2 Å². The first-order valence-electron chi connectivity index (χ1n) is 6.65. The lowest BCUT2D eigenvalue weighted by Gasteiger charge is -2.01. The van der Waals surface area contributed by atoms with Crippen LogP contribution in [0.5, 0.6) is 0 Å². The summed E-state index contributed by atoms with van der Waals surface area (Å²) in [4.78, 5) is 0. The van der Waals surface area contributed by atoms with E-state index in [9.17, 15) is 0 Å². The Kier molecular flexibility index (Phi) is 4.28. The molecule has 0 aliphatic carbocycles. The molecule has 1 aromatic heterocycles. The molecule has 2 aromatic carbocycles. The Morgan fingerprint density at radius 2 is 1.67 bits per heavy atom. The number of benzene rings is 2. The molecule has 4 nitrogen and oxygen atoms in total. The normalized spacial score (nSPS) is 10.7. The van der Waals surface area contributed by atoms with Crippen molar-refractivity contribution in [3.05, 3.63) is 71.1 Å². The van der Waals surface area contributed by atoms with Crippen molar-refractivity contribution in [2.75, 3.05) is 0 Å². The summed E-state index contributed by atoms with van der Waals surface area (Å²) in [7, 11) is 0. The van der Waals surface area contributed by atoms with E-state index >= 15 is 0 Å². The van der Waals surface area contributed by atoms with Crippen molar-refractivity contribution in [2.24, 2.45) is 0 Å². The van der Waals surface area contributed by atoms with Crippen LogP contribution in [0.1, 0.15) is 11.5 Å². The molecule has 1 heterocycles. The van der Waals surface area contributed by atoms with Crippen LogP contribution in [0.15, 0.2) is 59.0 Å². The van der Waals surface area contributed by atoms with Crippen LogP contribution >= 0.6 is 11.6 Å². The molecule has 0 spiro atoms. The number of nitrogens with one attached hydrogen (secondary N) is 1. The van der Waals surface area contributed by atoms with E-state index in [4.69, 9.17) is 16.0 Å². The summed E-state index contributed by atoms with van der Waals surface area (Å²) in [6.07, 6.45) is 0. The first kappa shape index (κ1) is 13.8. The maximum Gasteiger partial charge on any atom is 0.249 e. The Morgan fingerprint density at radius 3 is 2.48 bits per heavy atom. The molecule has 1 N–H and O–H groups in total. The van der Waals surface area contributed by atoms with Gasteiger partial charge in [-0.25, -0.2) is 0 Å². The third kappa shape index (κ3) is 3.48. The third-order valence-electron chi connectivity index (χ3n) is 3.02. The Labute approximate surface area is 127 Å². The van der Waals surface area contributed by atoms with E-state index in [1.54, 1.807) is 6.07 Å². The van der Waals surface area contributed by atoms with E-state index in [0.717, 1.165) is 12.1 Å². The van der Waals surface area contributed by atoms with Gasteiger partial charge in [0.05, 0.1) is 17.1 Å². The van der Waals surface area contributed by atoms with Gasteiger partial charge >= 0.3 is 0 Å². The minimum Gasteiger partial charge on any atom is -0.419 e. The molecule has 3 aromatic rings. The molecule has 106 valence electrons. The summed E-state index contributed by atoms with van der Waals surface area (Å²) in [5, 5.41) is 11.9. The predicted octanol–water partition coefficient (Wildman–Crippen LogP) is 3.68. The van der Waals surface area contributed by atoms with Crippen LogP contribution in [0.4, 0.5) is 0 Å². The number of hydrogen-bond donors (Lipinski definition) is 1. The second-order valence-corrected chi connectivity index (χ2v) is 4.98. The summed E-state index contributed by atoms with van der Waals surface area (Å²) in [5.41, 5.74) is 1.96. The third-order valence-corrected chi connectivity index (χ3v) is 3.35. The van der Waals surface area contributed by atoms with Crippen LogP contribution in [0.3, 0.4) is 0 Å². The summed E-state index contributed by atoms with van der Waals surface area (Å²) in [5.74, 6) is 0.984. The molecule has 3 rings (SSSR count). The van der Waals surface area contributed by atoms with Gasteiger partial charge in [0.1, 0.15) is 0 Å². The summed E-state index contributed by atoms with van der Waals surface area (Å²) in [6, 6.07) is 17.6. The first-order chi connectivity index (χ1) is 10.3. The minimum atomic E-state index is 0.442. The first-order valence-corrected chi connectivity index (χ1v) is 7.02. The maximum atomic E-state index is 6.11. The van der Waals surface area contributed by atoms with Gasteiger partial charge in [-0.05, 0) is 17.7 Å². The molecule has 0 unspecified atom stereocenters. The predicted molar refractivity (Wildman–Crippen MR) is 81.7 cm³/mol. The average molecular weight is 300 g/mol. The fourth-order valence-corrected chi connectivity index (χ4v) is 2.19. The van der Waals surface area contributed by atoms with Crippen molar-refractivity contribution in [3.63, 3.8) is 0 Å². The number of rotatable bonds is 5. The summed E-state index contributed by atoms with van der Waals surface area (Å²) in [6.45, 7) is 1.27. The lowest BCUT2D eigenvalue weighted by molar-refractivity contribution is 0.477. The molecule has 0 fully saturated rings. The van der Waals surface area contributed by atoms with E-state index in [1.165, 1.54) is 5.56 Å². The van der Waals surface area contributed by atoms with E-state index in [0.29, 0.717) is 23.3 Å². The minimum absolute atomic E-state index is 0.442. The second-order valence-electron chi connectivity index (χ2n) is 4.57. The smallest absolute Gasteiger partial charge is 0.249 e. The Morgan fingerprint density at radius 1 is 0.905 bits per heavy atom. The lowest BCUT2D eigenvalue weighted by atomic mass is 10.2. The van der Waals surface area contributed by atoms with Gasteiger partial charge in [0.25, 0.3) is 0 Å². The average Bonchev–Trinajstić information content (AvgIpc) is 2.97. The zero-order chi connectivity index (χ0) is 14.5. The largest absolute Gasteiger partial charge is 0.419 e. The van der Waals surface area contributed by atoms with E-state index in [1.807, 2.05) is 36.4 Å². The highest BCUT2D eigenvalue weighted by Crippen LogP contribution is 2.26. The fraction of sp³-hybridized carbons (Fsp3) is 0.125. The van der Waals surface area contributed by atoms with Crippen LogP contribution in [0.2, 0.25) is 5.02 Å². The maximum absolute atomic E-state index is 6.11. The molecule has 21 heavy (non-hydrogen) atoms. The lowest BCUT2D eigenvalue weighted by Crippen LogP contribution is -2.12. The molecular weight excluding hydrogens is 286 g/mol. The van der Waals surface area contributed by atoms with Crippen molar-refractivity contribution in [2.45, 2.75) is 13.1 Å². The van der Waals surface area contributed by atoms with Gasteiger partial charge in [-0.1, -0.05) is 54.1 Å². The highest BCUT2D eigenvalue weighted by molar-refractivity contribution is 6.33. The quantitative estimate of drug-likeness (QED) is 0.781. The molecule has 0 bridgehead atoms. The molecule has 0 saturated heterocycles. The molecule has 0 amide bonds. The molecule has 5 heteroatoms. The van der Waals surface area contributed by atoms with E-state index in [-0.39, 0.29) is 0 Å². The van der Waals surface area contributed by atoms with Gasteiger partial charge < -0.3 is 9.73 Å². The fourth-order valence-electron chi connectivity index (χ4n) is 1.98. The SMILES string of the molecule is Clc1ccccc1-c1nnc(CNCc2ccccc2)o1. The van der Waals surface area contributed by atoms with Crippen molar-refractivity contribution >= 4 is 11.6 Å². The molecule has 0 aliphatic rings. The zero-order valence-electron chi connectivity index (χ0n) is 11.3. The number of hydrogen-bond acceptors (Lipinski definition) is 4. The van der Waals surface area contributed by atoms with Crippen LogP contribution in [0.25, 0.3) is 11.5 Å². The second kappa shape index (κ2) is 6.52. The molecule has 0 atom stereocenters. The number of aromatic nitrogens is 2. The van der Waals surface area contributed by atoms with Crippen molar-refractivity contribution in [3.8, 4) is 11.5 Å². The molecule has 0 saturated carbocycles. The number of halogens is 1. The van der Waals surface area contributed by atoms with Gasteiger partial charge in [-0.2, -0.15) is 0 Å². The van der Waals surface area contributed by atoms with Crippen molar-refractivity contribution < 1.29 is 4.42 Å². The Bertz CT molecular complexity index is 712. The van der Waals surface area contributed by atoms with Crippen molar-refractivity contribution in [1.29, 1.82) is 0 Å². The molecular formula is C16H14ClN3O. The van der Waals surface area contributed by atoms with Gasteiger partial charge in [0.2, 0.25) is 11.8 Å². The summed E-state index contributed by atoms with van der Waals surface area (Å²) < 4.78 is 5.62. The van der Waals surface area contributed by atoms with Gasteiger partial charge in [0.15, 0.2) is 0 Å². The van der Waals surface area contributed by atoms with Crippen LogP contribution in [-0.2, 0) is 13.1 Å². The van der Waals surface area contributed by atoms with E-state index < -0.39 is 0 Å². The monoisotopic (exact) mass is 299 g/mol. The topological polar surface area (TPSA) is 51.0 Å². The van der Waals surface area contributed by atoms with Crippen molar-refractivity contribution in [1.82, 2.24) is 15.5 Å². The van der Waals surface area contributed by atoms with Crippen LogP contribution < -0.4 is 5.32 Å². The highest BCUT2D eigenvalue weighted by Gasteiger charge is 2.10. The molecule has 0 radical (unpaired) electrons. The van der Waals surface area contributed by atoms with Gasteiger partial charge in [-0.3, -0.25) is 0 Å². The van der Waals surface area contributed by atoms with Crippen LogP contribution in [0, 0.1) is 0 Å². The zero-order valence-corrected chi connectivity index (χ0v) is 12.0. The Balaban J connectivity index is 1.62. The number of nitrogens with zero attached hydrogens (tertiary/aromatic N) is 2. The van der Waals surface area contributed by atoms with Gasteiger partial charge in [0, 0.05) is 6.54 Å².